The SMILES string of the molecule is CCc1nsc(Sc2ccc(CNCC(C)C)cc2Br)n1. The lowest BCUT2D eigenvalue weighted by atomic mass is 10.2. The minimum Gasteiger partial charge on any atom is -0.312 e. The van der Waals surface area contributed by atoms with Gasteiger partial charge in [-0.15, -0.1) is 0 Å². The Kier molecular flexibility index (Phi) is 6.67. The normalized spacial score (nSPS) is 11.3. The van der Waals surface area contributed by atoms with Gasteiger partial charge in [0.05, 0.1) is 0 Å². The van der Waals surface area contributed by atoms with Gasteiger partial charge in [0.2, 0.25) is 0 Å². The van der Waals surface area contributed by atoms with E-state index in [2.05, 4.69) is 69.6 Å². The highest BCUT2D eigenvalue weighted by atomic mass is 79.9. The smallest absolute Gasteiger partial charge is 0.174 e. The van der Waals surface area contributed by atoms with Crippen molar-refractivity contribution in [3.05, 3.63) is 34.1 Å². The standard InChI is InChI=1S/C15H20BrN3S2/c1-4-14-18-15(21-19-14)20-13-6-5-11(7-12(13)16)9-17-8-10(2)3/h5-7,10,17H,4,8-9H2,1-3H3. The number of rotatable bonds is 7. The van der Waals surface area contributed by atoms with Crippen LogP contribution in [0, 0.1) is 5.92 Å². The van der Waals surface area contributed by atoms with Crippen molar-refractivity contribution in [2.45, 2.75) is 43.0 Å². The highest BCUT2D eigenvalue weighted by Gasteiger charge is 2.08. The van der Waals surface area contributed by atoms with E-state index in [1.807, 2.05) is 0 Å². The highest BCUT2D eigenvalue weighted by Crippen LogP contribution is 2.34. The zero-order valence-corrected chi connectivity index (χ0v) is 15.7. The Labute approximate surface area is 143 Å². The van der Waals surface area contributed by atoms with E-state index in [1.165, 1.54) is 22.0 Å². The Bertz CT molecular complexity index is 584. The van der Waals surface area contributed by atoms with Crippen molar-refractivity contribution < 1.29 is 0 Å². The van der Waals surface area contributed by atoms with Gasteiger partial charge in [0.25, 0.3) is 0 Å². The average Bonchev–Trinajstić information content (AvgIpc) is 2.89. The van der Waals surface area contributed by atoms with E-state index < -0.39 is 0 Å². The predicted octanol–water partition coefficient (Wildman–Crippen LogP) is 4.76. The maximum atomic E-state index is 4.49. The molecule has 0 saturated carbocycles. The molecule has 1 N–H and O–H groups in total. The molecule has 0 atom stereocenters. The molecule has 0 aliphatic carbocycles. The van der Waals surface area contributed by atoms with Crippen molar-refractivity contribution in [2.75, 3.05) is 6.54 Å². The predicted molar refractivity (Wildman–Crippen MR) is 94.1 cm³/mol. The first-order valence-corrected chi connectivity index (χ1v) is 9.46. The molecule has 2 rings (SSSR count). The monoisotopic (exact) mass is 385 g/mol. The lowest BCUT2D eigenvalue weighted by Crippen LogP contribution is -2.18. The van der Waals surface area contributed by atoms with Crippen molar-refractivity contribution in [3.63, 3.8) is 0 Å². The summed E-state index contributed by atoms with van der Waals surface area (Å²) in [6.45, 7) is 8.45. The molecule has 6 heteroatoms. The van der Waals surface area contributed by atoms with E-state index in [0.29, 0.717) is 5.92 Å². The second kappa shape index (κ2) is 8.27. The van der Waals surface area contributed by atoms with Gasteiger partial charge in [-0.25, -0.2) is 4.98 Å². The summed E-state index contributed by atoms with van der Waals surface area (Å²) in [6.07, 6.45) is 0.888. The lowest BCUT2D eigenvalue weighted by molar-refractivity contribution is 0.552. The third kappa shape index (κ3) is 5.36. The van der Waals surface area contributed by atoms with Gasteiger partial charge in [0.15, 0.2) is 4.34 Å². The van der Waals surface area contributed by atoms with Gasteiger partial charge < -0.3 is 5.32 Å². The summed E-state index contributed by atoms with van der Waals surface area (Å²) in [4.78, 5) is 5.68. The van der Waals surface area contributed by atoms with Crippen LogP contribution in [0.1, 0.15) is 32.2 Å². The summed E-state index contributed by atoms with van der Waals surface area (Å²) in [5.74, 6) is 1.60. The van der Waals surface area contributed by atoms with Crippen LogP contribution in [0.25, 0.3) is 0 Å². The van der Waals surface area contributed by atoms with Gasteiger partial charge in [-0.2, -0.15) is 4.37 Å². The molecule has 0 unspecified atom stereocenters. The molecule has 0 spiro atoms. The molecule has 0 bridgehead atoms. The fraction of sp³-hybridized carbons (Fsp3) is 0.467. The minimum absolute atomic E-state index is 0.674. The van der Waals surface area contributed by atoms with Crippen LogP contribution in [0.4, 0.5) is 0 Å². The molecule has 1 aromatic heterocycles. The Hall–Kier alpha value is -0.430. The van der Waals surface area contributed by atoms with Gasteiger partial charge in [0.1, 0.15) is 5.82 Å². The van der Waals surface area contributed by atoms with Gasteiger partial charge in [-0.3, -0.25) is 0 Å². The molecule has 1 heterocycles. The summed E-state index contributed by atoms with van der Waals surface area (Å²) >= 11 is 6.79. The zero-order valence-electron chi connectivity index (χ0n) is 12.5. The Morgan fingerprint density at radius 2 is 2.19 bits per heavy atom. The summed E-state index contributed by atoms with van der Waals surface area (Å²) in [6, 6.07) is 6.49. The number of aryl methyl sites for hydroxylation is 1. The van der Waals surface area contributed by atoms with Crippen LogP contribution in [0.3, 0.4) is 0 Å². The Morgan fingerprint density at radius 1 is 1.38 bits per heavy atom. The van der Waals surface area contributed by atoms with E-state index in [4.69, 9.17) is 0 Å². The molecule has 0 saturated heterocycles. The minimum atomic E-state index is 0.674. The van der Waals surface area contributed by atoms with Gasteiger partial charge >= 0.3 is 0 Å². The number of nitrogens with one attached hydrogen (secondary N) is 1. The molecular weight excluding hydrogens is 366 g/mol. The Balaban J connectivity index is 1.98. The fourth-order valence-electron chi connectivity index (χ4n) is 1.76. The molecule has 3 nitrogen and oxygen atoms in total. The van der Waals surface area contributed by atoms with Crippen LogP contribution in [-0.2, 0) is 13.0 Å². The van der Waals surface area contributed by atoms with Crippen LogP contribution in [0.5, 0.6) is 0 Å². The third-order valence-electron chi connectivity index (χ3n) is 2.84. The molecule has 21 heavy (non-hydrogen) atoms. The van der Waals surface area contributed by atoms with E-state index in [0.717, 1.165) is 34.1 Å². The van der Waals surface area contributed by atoms with Crippen molar-refractivity contribution in [2.24, 2.45) is 5.92 Å². The van der Waals surface area contributed by atoms with Crippen LogP contribution < -0.4 is 5.32 Å². The van der Waals surface area contributed by atoms with E-state index in [-0.39, 0.29) is 0 Å². The lowest BCUT2D eigenvalue weighted by Gasteiger charge is -2.09. The molecule has 0 aliphatic heterocycles. The second-order valence-electron chi connectivity index (χ2n) is 5.22. The van der Waals surface area contributed by atoms with Crippen LogP contribution in [0.15, 0.2) is 31.9 Å². The van der Waals surface area contributed by atoms with Crippen LogP contribution >= 0.6 is 39.2 Å². The first-order chi connectivity index (χ1) is 10.1. The van der Waals surface area contributed by atoms with Crippen molar-refractivity contribution in [3.8, 4) is 0 Å². The summed E-state index contributed by atoms with van der Waals surface area (Å²) < 4.78 is 6.43. The summed E-state index contributed by atoms with van der Waals surface area (Å²) in [5, 5.41) is 3.46. The van der Waals surface area contributed by atoms with Gasteiger partial charge in [-0.05, 0) is 57.6 Å². The first kappa shape index (κ1) is 16.9. The van der Waals surface area contributed by atoms with E-state index in [9.17, 15) is 0 Å². The molecular formula is C15H20BrN3S2. The quantitative estimate of drug-likeness (QED) is 0.745. The summed E-state index contributed by atoms with van der Waals surface area (Å²) in [5.41, 5.74) is 1.29. The van der Waals surface area contributed by atoms with Crippen LogP contribution in [-0.4, -0.2) is 15.9 Å². The molecule has 0 radical (unpaired) electrons. The molecule has 2 aromatic rings. The number of nitrogens with zero attached hydrogens (tertiary/aromatic N) is 2. The highest BCUT2D eigenvalue weighted by molar-refractivity contribution is 9.10. The van der Waals surface area contributed by atoms with E-state index >= 15 is 0 Å². The average molecular weight is 386 g/mol. The van der Waals surface area contributed by atoms with Crippen molar-refractivity contribution in [1.29, 1.82) is 0 Å². The number of benzene rings is 1. The maximum absolute atomic E-state index is 4.49. The van der Waals surface area contributed by atoms with Gasteiger partial charge in [0, 0.05) is 22.3 Å². The molecule has 114 valence electrons. The molecule has 0 aliphatic rings. The number of hydrogen-bond donors (Lipinski definition) is 1. The van der Waals surface area contributed by atoms with Crippen LogP contribution in [0.2, 0.25) is 0 Å². The largest absolute Gasteiger partial charge is 0.312 e. The first-order valence-electron chi connectivity index (χ1n) is 7.08. The molecule has 0 amide bonds. The summed E-state index contributed by atoms with van der Waals surface area (Å²) in [7, 11) is 0. The van der Waals surface area contributed by atoms with E-state index in [1.54, 1.807) is 11.8 Å². The number of halogens is 1. The Morgan fingerprint density at radius 3 is 2.81 bits per heavy atom. The number of hydrogen-bond acceptors (Lipinski definition) is 5. The zero-order chi connectivity index (χ0) is 15.2. The maximum Gasteiger partial charge on any atom is 0.174 e. The number of aromatic nitrogens is 2. The molecule has 0 fully saturated rings. The topological polar surface area (TPSA) is 37.8 Å². The third-order valence-corrected chi connectivity index (χ3v) is 5.62. The van der Waals surface area contributed by atoms with Crippen molar-refractivity contribution >= 4 is 39.2 Å². The van der Waals surface area contributed by atoms with Crippen molar-refractivity contribution in [1.82, 2.24) is 14.7 Å². The molecule has 1 aromatic carbocycles. The van der Waals surface area contributed by atoms with Gasteiger partial charge in [-0.1, -0.05) is 38.6 Å². The fourth-order valence-corrected chi connectivity index (χ4v) is 4.09. The second-order valence-corrected chi connectivity index (χ2v) is 8.12.